The van der Waals surface area contributed by atoms with Gasteiger partial charge in [0.15, 0.2) is 9.84 Å². The SMILES string of the molecule is CC1CCC(C(C)C)C(C2(C3CC(C)CCC3C(C)C)OC(=O)C(C(O)c3ccccc3)=C2c2ccc(S(C)(=O)=O)cc2)C1. The molecule has 2 saturated carbocycles. The summed E-state index contributed by atoms with van der Waals surface area (Å²) in [5.41, 5.74) is 1.59. The Morgan fingerprint density at radius 2 is 1.30 bits per heavy atom. The Labute approximate surface area is 265 Å². The number of sulfone groups is 1. The lowest BCUT2D eigenvalue weighted by Gasteiger charge is -2.55. The Bertz CT molecular complexity index is 1420. The fourth-order valence-electron chi connectivity index (χ4n) is 9.06. The van der Waals surface area contributed by atoms with E-state index in [-0.39, 0.29) is 16.7 Å². The molecule has 6 heteroatoms. The number of benzene rings is 2. The summed E-state index contributed by atoms with van der Waals surface area (Å²) < 4.78 is 32.0. The van der Waals surface area contributed by atoms with Crippen LogP contribution >= 0.6 is 0 Å². The lowest BCUT2D eigenvalue weighted by molar-refractivity contribution is -0.171. The highest BCUT2D eigenvalue weighted by Gasteiger charge is 2.63. The smallest absolute Gasteiger partial charge is 0.338 e. The number of carbonyl (C=O) groups excluding carboxylic acids is 1. The van der Waals surface area contributed by atoms with Crippen molar-refractivity contribution in [1.29, 1.82) is 0 Å². The predicted octanol–water partition coefficient (Wildman–Crippen LogP) is 8.29. The van der Waals surface area contributed by atoms with E-state index in [1.165, 1.54) is 6.26 Å². The van der Waals surface area contributed by atoms with E-state index >= 15 is 0 Å². The Morgan fingerprint density at radius 3 is 1.75 bits per heavy atom. The molecule has 5 nitrogen and oxygen atoms in total. The van der Waals surface area contributed by atoms with E-state index in [1.54, 1.807) is 12.1 Å². The zero-order valence-electron chi connectivity index (χ0n) is 27.6. The van der Waals surface area contributed by atoms with Gasteiger partial charge in [-0.15, -0.1) is 0 Å². The van der Waals surface area contributed by atoms with Crippen molar-refractivity contribution < 1.29 is 23.1 Å². The van der Waals surface area contributed by atoms with Gasteiger partial charge in [-0.2, -0.15) is 0 Å². The molecule has 7 atom stereocenters. The van der Waals surface area contributed by atoms with Gasteiger partial charge in [-0.1, -0.05) is 96.8 Å². The predicted molar refractivity (Wildman–Crippen MR) is 176 cm³/mol. The summed E-state index contributed by atoms with van der Waals surface area (Å²) in [6.07, 6.45) is 6.41. The molecule has 2 aromatic carbocycles. The molecule has 240 valence electrons. The molecule has 1 aliphatic heterocycles. The van der Waals surface area contributed by atoms with E-state index in [9.17, 15) is 18.3 Å². The Morgan fingerprint density at radius 1 is 0.795 bits per heavy atom. The molecule has 2 aromatic rings. The summed E-state index contributed by atoms with van der Waals surface area (Å²) >= 11 is 0. The number of aliphatic hydroxyl groups excluding tert-OH is 1. The molecular weight excluding hydrogens is 568 g/mol. The van der Waals surface area contributed by atoms with Gasteiger partial charge in [0.2, 0.25) is 0 Å². The van der Waals surface area contributed by atoms with Gasteiger partial charge in [-0.3, -0.25) is 0 Å². The number of aliphatic hydroxyl groups is 1. The number of ether oxygens (including phenoxy) is 1. The van der Waals surface area contributed by atoms with Crippen LogP contribution in [-0.2, 0) is 19.4 Å². The van der Waals surface area contributed by atoms with Crippen molar-refractivity contribution in [2.45, 2.75) is 96.7 Å². The third-order valence-electron chi connectivity index (χ3n) is 11.2. The van der Waals surface area contributed by atoms with Crippen molar-refractivity contribution in [3.8, 4) is 0 Å². The van der Waals surface area contributed by atoms with Crippen molar-refractivity contribution in [1.82, 2.24) is 0 Å². The van der Waals surface area contributed by atoms with Gasteiger partial charge >= 0.3 is 5.97 Å². The van der Waals surface area contributed by atoms with Gasteiger partial charge < -0.3 is 9.84 Å². The largest absolute Gasteiger partial charge is 0.450 e. The Balaban J connectivity index is 1.86. The molecule has 1 N–H and O–H groups in total. The third-order valence-corrected chi connectivity index (χ3v) is 12.4. The maximum absolute atomic E-state index is 14.5. The maximum Gasteiger partial charge on any atom is 0.338 e. The van der Waals surface area contributed by atoms with Crippen LogP contribution in [-0.4, -0.2) is 31.4 Å². The highest BCUT2D eigenvalue weighted by molar-refractivity contribution is 7.90. The van der Waals surface area contributed by atoms with E-state index < -0.39 is 27.5 Å². The molecule has 0 radical (unpaired) electrons. The number of esters is 1. The van der Waals surface area contributed by atoms with E-state index in [2.05, 4.69) is 41.5 Å². The summed E-state index contributed by atoms with van der Waals surface area (Å²) in [5.74, 6) is 2.20. The molecule has 0 aromatic heterocycles. The highest BCUT2D eigenvalue weighted by Crippen LogP contribution is 2.62. The van der Waals surface area contributed by atoms with Gasteiger partial charge in [0.1, 0.15) is 11.7 Å². The molecule has 3 aliphatic rings. The second-order valence-corrected chi connectivity index (χ2v) is 17.0. The normalized spacial score (nSPS) is 32.3. The number of carbonyl (C=O) groups is 1. The minimum absolute atomic E-state index is 0.0804. The van der Waals surface area contributed by atoms with E-state index in [0.717, 1.165) is 49.7 Å². The van der Waals surface area contributed by atoms with Crippen LogP contribution in [0.25, 0.3) is 5.57 Å². The molecule has 2 aliphatic carbocycles. The van der Waals surface area contributed by atoms with Crippen LogP contribution in [0.5, 0.6) is 0 Å². The van der Waals surface area contributed by atoms with Crippen LogP contribution in [0.15, 0.2) is 65.1 Å². The standard InChI is InChI=1S/C38H52O5S/c1-23(2)30-19-13-25(5)21-32(30)38(33-22-26(6)14-20-31(33)24(3)4)35(27-15-17-29(18-16-27)44(7,41)42)34(37(40)43-38)36(39)28-11-9-8-10-12-28/h8-12,15-18,23-26,30-33,36,39H,13-14,19-22H2,1-7H3. The zero-order chi connectivity index (χ0) is 32.0. The highest BCUT2D eigenvalue weighted by atomic mass is 32.2. The summed E-state index contributed by atoms with van der Waals surface area (Å²) in [4.78, 5) is 14.7. The number of cyclic esters (lactones) is 1. The van der Waals surface area contributed by atoms with Crippen LogP contribution < -0.4 is 0 Å². The average Bonchev–Trinajstić information content (AvgIpc) is 3.29. The minimum atomic E-state index is -3.41. The summed E-state index contributed by atoms with van der Waals surface area (Å²) in [7, 11) is -3.41. The molecule has 0 amide bonds. The first-order chi connectivity index (χ1) is 20.8. The molecule has 0 spiro atoms. The summed E-state index contributed by atoms with van der Waals surface area (Å²) in [6, 6.07) is 16.3. The number of hydrogen-bond donors (Lipinski definition) is 1. The van der Waals surface area contributed by atoms with Crippen LogP contribution in [0.3, 0.4) is 0 Å². The quantitative estimate of drug-likeness (QED) is 0.300. The van der Waals surface area contributed by atoms with Gasteiger partial charge in [-0.25, -0.2) is 13.2 Å². The zero-order valence-corrected chi connectivity index (χ0v) is 28.4. The van der Waals surface area contributed by atoms with Crippen molar-refractivity contribution in [2.75, 3.05) is 6.26 Å². The average molecular weight is 621 g/mol. The third kappa shape index (κ3) is 6.06. The van der Waals surface area contributed by atoms with Crippen molar-refractivity contribution in [3.05, 3.63) is 71.3 Å². The summed E-state index contributed by atoms with van der Waals surface area (Å²) in [5, 5.41) is 12.0. The maximum atomic E-state index is 14.5. The van der Waals surface area contributed by atoms with Gasteiger partial charge in [0, 0.05) is 23.7 Å². The lowest BCUT2D eigenvalue weighted by Crippen LogP contribution is -2.56. The van der Waals surface area contributed by atoms with Crippen LogP contribution in [0.2, 0.25) is 0 Å². The Kier molecular flexibility index (Phi) is 9.54. The molecule has 1 heterocycles. The molecule has 44 heavy (non-hydrogen) atoms. The Hall–Kier alpha value is -2.44. The molecule has 7 unspecified atom stereocenters. The minimum Gasteiger partial charge on any atom is -0.450 e. The summed E-state index contributed by atoms with van der Waals surface area (Å²) in [6.45, 7) is 13.8. The molecule has 5 rings (SSSR count). The first kappa shape index (κ1) is 32.9. The van der Waals surface area contributed by atoms with Crippen molar-refractivity contribution in [2.24, 2.45) is 47.3 Å². The topological polar surface area (TPSA) is 80.7 Å². The van der Waals surface area contributed by atoms with E-state index in [1.807, 2.05) is 42.5 Å². The monoisotopic (exact) mass is 620 g/mol. The molecule has 0 saturated heterocycles. The first-order valence-corrected chi connectivity index (χ1v) is 18.7. The van der Waals surface area contributed by atoms with Gasteiger partial charge in [-0.05, 0) is 84.5 Å². The van der Waals surface area contributed by atoms with Crippen molar-refractivity contribution >= 4 is 21.4 Å². The fourth-order valence-corrected chi connectivity index (χ4v) is 9.69. The van der Waals surface area contributed by atoms with E-state index in [0.29, 0.717) is 46.6 Å². The van der Waals surface area contributed by atoms with Gasteiger partial charge in [0.05, 0.1) is 10.5 Å². The van der Waals surface area contributed by atoms with Gasteiger partial charge in [0.25, 0.3) is 0 Å². The second kappa shape index (κ2) is 12.7. The van der Waals surface area contributed by atoms with Crippen LogP contribution in [0, 0.1) is 47.3 Å². The lowest BCUT2D eigenvalue weighted by atomic mass is 9.52. The van der Waals surface area contributed by atoms with Crippen LogP contribution in [0.1, 0.15) is 97.3 Å². The number of rotatable bonds is 8. The first-order valence-electron chi connectivity index (χ1n) is 16.8. The number of hydrogen-bond acceptors (Lipinski definition) is 5. The van der Waals surface area contributed by atoms with Crippen molar-refractivity contribution in [3.63, 3.8) is 0 Å². The molecule has 0 bridgehead atoms. The second-order valence-electron chi connectivity index (χ2n) is 14.9. The fraction of sp³-hybridized carbons (Fsp3) is 0.605. The van der Waals surface area contributed by atoms with Crippen LogP contribution in [0.4, 0.5) is 0 Å². The molecular formula is C38H52O5S. The molecule has 2 fully saturated rings. The van der Waals surface area contributed by atoms with E-state index in [4.69, 9.17) is 4.74 Å².